The Morgan fingerprint density at radius 1 is 1.08 bits per heavy atom. The van der Waals surface area contributed by atoms with Crippen molar-refractivity contribution < 1.29 is 5.11 Å². The molecule has 0 unspecified atom stereocenters. The van der Waals surface area contributed by atoms with Crippen molar-refractivity contribution in [3.63, 3.8) is 0 Å². The molecule has 4 aromatic rings. The van der Waals surface area contributed by atoms with Crippen LogP contribution in [0.1, 0.15) is 25.5 Å². The van der Waals surface area contributed by atoms with E-state index < -0.39 is 0 Å². The molecule has 0 amide bonds. The van der Waals surface area contributed by atoms with Crippen LogP contribution in [0.4, 0.5) is 0 Å². The van der Waals surface area contributed by atoms with Gasteiger partial charge in [-0.25, -0.2) is 4.98 Å². The molecule has 0 saturated heterocycles. The second-order valence-electron chi connectivity index (χ2n) is 6.05. The zero-order valence-corrected chi connectivity index (χ0v) is 14.3. The van der Waals surface area contributed by atoms with Crippen molar-refractivity contribution in [1.29, 1.82) is 0 Å². The number of thiophene rings is 1. The minimum Gasteiger partial charge on any atom is -0.493 e. The Balaban J connectivity index is 1.84. The van der Waals surface area contributed by atoms with Crippen LogP contribution < -0.4 is 0 Å². The van der Waals surface area contributed by atoms with Crippen LogP contribution in [0, 0.1) is 0 Å². The fraction of sp³-hybridized carbons (Fsp3) is 0.158. The number of hydrogen-bond donors (Lipinski definition) is 1. The van der Waals surface area contributed by atoms with Gasteiger partial charge in [-0.2, -0.15) is 9.61 Å². The first kappa shape index (κ1) is 14.9. The summed E-state index contributed by atoms with van der Waals surface area (Å²) < 4.78 is 1.49. The van der Waals surface area contributed by atoms with Crippen molar-refractivity contribution in [3.8, 4) is 27.4 Å². The SMILES string of the molecule is CC(C)c1cc(O)n2ncc(-c3cc(-c4ccccc4)cs3)c2n1. The molecule has 120 valence electrons. The highest BCUT2D eigenvalue weighted by molar-refractivity contribution is 7.14. The van der Waals surface area contributed by atoms with E-state index in [1.54, 1.807) is 23.6 Å². The van der Waals surface area contributed by atoms with E-state index in [1.165, 1.54) is 15.6 Å². The zero-order valence-electron chi connectivity index (χ0n) is 13.5. The van der Waals surface area contributed by atoms with Gasteiger partial charge in [-0.3, -0.25) is 0 Å². The summed E-state index contributed by atoms with van der Waals surface area (Å²) in [6, 6.07) is 14.1. The topological polar surface area (TPSA) is 50.4 Å². The van der Waals surface area contributed by atoms with E-state index in [1.807, 2.05) is 18.2 Å². The van der Waals surface area contributed by atoms with Gasteiger partial charge < -0.3 is 5.11 Å². The number of fused-ring (bicyclic) bond motifs is 1. The van der Waals surface area contributed by atoms with Gasteiger partial charge in [0.05, 0.1) is 17.5 Å². The van der Waals surface area contributed by atoms with Gasteiger partial charge in [-0.15, -0.1) is 11.3 Å². The Kier molecular flexibility index (Phi) is 3.58. The van der Waals surface area contributed by atoms with Gasteiger partial charge in [0.15, 0.2) is 5.65 Å². The van der Waals surface area contributed by atoms with Gasteiger partial charge in [0.2, 0.25) is 5.88 Å². The standard InChI is InChI=1S/C19H17N3OS/c1-12(2)16-9-18(23)22-19(21-16)15(10-20-22)17-8-14(11-24-17)13-6-4-3-5-7-13/h3-12,23H,1-2H3. The molecule has 24 heavy (non-hydrogen) atoms. The molecule has 0 aliphatic rings. The lowest BCUT2D eigenvalue weighted by Crippen LogP contribution is -1.98. The van der Waals surface area contributed by atoms with Crippen LogP contribution in [-0.2, 0) is 0 Å². The van der Waals surface area contributed by atoms with Crippen molar-refractivity contribution in [2.45, 2.75) is 19.8 Å². The van der Waals surface area contributed by atoms with Gasteiger partial charge in [0, 0.05) is 10.9 Å². The van der Waals surface area contributed by atoms with Crippen LogP contribution in [0.5, 0.6) is 5.88 Å². The maximum absolute atomic E-state index is 10.2. The summed E-state index contributed by atoms with van der Waals surface area (Å²) in [5, 5.41) is 16.6. The summed E-state index contributed by atoms with van der Waals surface area (Å²) >= 11 is 1.66. The van der Waals surface area contributed by atoms with E-state index >= 15 is 0 Å². The molecule has 0 aliphatic carbocycles. The van der Waals surface area contributed by atoms with E-state index in [0.717, 1.165) is 16.1 Å². The lowest BCUT2D eigenvalue weighted by atomic mass is 10.1. The second kappa shape index (κ2) is 5.76. The number of hydrogen-bond acceptors (Lipinski definition) is 4. The van der Waals surface area contributed by atoms with Gasteiger partial charge in [0.25, 0.3) is 0 Å². The highest BCUT2D eigenvalue weighted by Crippen LogP contribution is 2.35. The summed E-state index contributed by atoms with van der Waals surface area (Å²) in [4.78, 5) is 5.80. The van der Waals surface area contributed by atoms with E-state index in [0.29, 0.717) is 5.65 Å². The normalized spacial score (nSPS) is 11.5. The predicted molar refractivity (Wildman–Crippen MR) is 97.5 cm³/mol. The van der Waals surface area contributed by atoms with Gasteiger partial charge in [-0.05, 0) is 28.5 Å². The fourth-order valence-electron chi connectivity index (χ4n) is 2.69. The number of rotatable bonds is 3. The summed E-state index contributed by atoms with van der Waals surface area (Å²) in [5.41, 5.74) is 4.87. The Morgan fingerprint density at radius 3 is 2.62 bits per heavy atom. The molecular formula is C19H17N3OS. The minimum atomic E-state index is 0.120. The van der Waals surface area contributed by atoms with Crippen LogP contribution in [0.15, 0.2) is 54.0 Å². The third-order valence-electron chi connectivity index (χ3n) is 4.04. The second-order valence-corrected chi connectivity index (χ2v) is 6.96. The Hall–Kier alpha value is -2.66. The summed E-state index contributed by atoms with van der Waals surface area (Å²) in [5.74, 6) is 0.363. The van der Waals surface area contributed by atoms with Crippen LogP contribution >= 0.6 is 11.3 Å². The third kappa shape index (κ3) is 2.47. The molecule has 1 N–H and O–H groups in total. The first-order valence-electron chi connectivity index (χ1n) is 7.85. The smallest absolute Gasteiger partial charge is 0.215 e. The number of aromatic nitrogens is 3. The predicted octanol–water partition coefficient (Wildman–Crippen LogP) is 4.95. The lowest BCUT2D eigenvalue weighted by molar-refractivity contribution is 0.433. The third-order valence-corrected chi connectivity index (χ3v) is 5.00. The molecule has 4 rings (SSSR count). The largest absolute Gasteiger partial charge is 0.493 e. The molecular weight excluding hydrogens is 318 g/mol. The van der Waals surface area contributed by atoms with Crippen LogP contribution in [-0.4, -0.2) is 19.7 Å². The van der Waals surface area contributed by atoms with Crippen molar-refractivity contribution in [3.05, 3.63) is 59.7 Å². The Morgan fingerprint density at radius 2 is 1.88 bits per heavy atom. The molecule has 0 bridgehead atoms. The van der Waals surface area contributed by atoms with Crippen LogP contribution in [0.3, 0.4) is 0 Å². The molecule has 3 aromatic heterocycles. The van der Waals surface area contributed by atoms with Crippen molar-refractivity contribution >= 4 is 17.0 Å². The number of aromatic hydroxyl groups is 1. The zero-order chi connectivity index (χ0) is 16.7. The molecule has 0 atom stereocenters. The molecule has 0 radical (unpaired) electrons. The van der Waals surface area contributed by atoms with Crippen molar-refractivity contribution in [1.82, 2.24) is 14.6 Å². The van der Waals surface area contributed by atoms with Crippen molar-refractivity contribution in [2.24, 2.45) is 0 Å². The summed E-state index contributed by atoms with van der Waals surface area (Å²) in [7, 11) is 0. The molecule has 0 saturated carbocycles. The fourth-order valence-corrected chi connectivity index (χ4v) is 3.62. The molecule has 3 heterocycles. The van der Waals surface area contributed by atoms with Crippen LogP contribution in [0.2, 0.25) is 0 Å². The first-order valence-corrected chi connectivity index (χ1v) is 8.73. The summed E-state index contributed by atoms with van der Waals surface area (Å²) in [6.07, 6.45) is 1.77. The van der Waals surface area contributed by atoms with Gasteiger partial charge in [-0.1, -0.05) is 44.2 Å². The first-order chi connectivity index (χ1) is 11.6. The highest BCUT2D eigenvalue weighted by Gasteiger charge is 2.15. The molecule has 5 heteroatoms. The van der Waals surface area contributed by atoms with Crippen LogP contribution in [0.25, 0.3) is 27.2 Å². The van der Waals surface area contributed by atoms with E-state index in [9.17, 15) is 5.11 Å². The Labute approximate surface area is 144 Å². The van der Waals surface area contributed by atoms with Gasteiger partial charge in [0.1, 0.15) is 0 Å². The number of benzene rings is 1. The molecule has 1 aromatic carbocycles. The van der Waals surface area contributed by atoms with Crippen molar-refractivity contribution in [2.75, 3.05) is 0 Å². The lowest BCUT2D eigenvalue weighted by Gasteiger charge is -2.06. The highest BCUT2D eigenvalue weighted by atomic mass is 32.1. The maximum atomic E-state index is 10.2. The minimum absolute atomic E-state index is 0.120. The molecule has 0 aliphatic heterocycles. The summed E-state index contributed by atoms with van der Waals surface area (Å²) in [6.45, 7) is 4.12. The Bertz CT molecular complexity index is 1000. The molecule has 4 nitrogen and oxygen atoms in total. The van der Waals surface area contributed by atoms with E-state index in [-0.39, 0.29) is 11.8 Å². The average Bonchev–Trinajstić information content (AvgIpc) is 3.22. The quantitative estimate of drug-likeness (QED) is 0.576. The van der Waals surface area contributed by atoms with E-state index in [4.69, 9.17) is 4.98 Å². The average molecular weight is 335 g/mol. The molecule has 0 fully saturated rings. The maximum Gasteiger partial charge on any atom is 0.215 e. The van der Waals surface area contributed by atoms with E-state index in [2.05, 4.69) is 42.5 Å². The monoisotopic (exact) mass is 335 g/mol. The molecule has 0 spiro atoms. The van der Waals surface area contributed by atoms with Gasteiger partial charge >= 0.3 is 0 Å². The number of nitrogens with zero attached hydrogens (tertiary/aromatic N) is 3.